The van der Waals surface area contributed by atoms with Crippen LogP contribution in [0.2, 0.25) is 0 Å². The van der Waals surface area contributed by atoms with E-state index < -0.39 is 0 Å². The fraction of sp³-hybridized carbons (Fsp3) is 0. The van der Waals surface area contributed by atoms with E-state index in [0.717, 1.165) is 11.8 Å². The molecule has 0 spiro atoms. The van der Waals surface area contributed by atoms with Gasteiger partial charge in [-0.25, -0.2) is 0 Å². The average molecular weight is 162 g/mol. The quantitative estimate of drug-likeness (QED) is 0.556. The van der Waals surface area contributed by atoms with Crippen LogP contribution in [0.1, 0.15) is 0 Å². The summed E-state index contributed by atoms with van der Waals surface area (Å²) in [5.41, 5.74) is 0.0324. The maximum absolute atomic E-state index is 8.45. The molecule has 1 heterocycles. The van der Waals surface area contributed by atoms with Crippen molar-refractivity contribution in [3.8, 4) is 12.1 Å². The minimum absolute atomic E-state index is 0.00551. The van der Waals surface area contributed by atoms with Crippen LogP contribution in [0.25, 0.3) is 0 Å². The van der Waals surface area contributed by atoms with Crippen LogP contribution >= 0.6 is 11.8 Å². The lowest BCUT2D eigenvalue weighted by atomic mass is 10.2. The van der Waals surface area contributed by atoms with Gasteiger partial charge in [-0.2, -0.15) is 10.5 Å². The summed E-state index contributed by atoms with van der Waals surface area (Å²) in [5.74, 6) is 0. The van der Waals surface area contributed by atoms with Crippen molar-refractivity contribution in [2.75, 3.05) is 0 Å². The molecule has 1 aliphatic rings. The Morgan fingerprint density at radius 2 is 1.36 bits per heavy atom. The topological polar surface area (TPSA) is 95.3 Å². The Balaban J connectivity index is 3.29. The number of nitrogens with zero attached hydrogens (tertiary/aromatic N) is 2. The second-order valence-electron chi connectivity index (χ2n) is 1.73. The molecule has 0 bridgehead atoms. The number of hydrogen-bond acceptors (Lipinski definition) is 5. The van der Waals surface area contributed by atoms with Crippen molar-refractivity contribution in [2.45, 2.75) is 0 Å². The molecule has 52 valence electrons. The molecule has 5 heteroatoms. The molecule has 1 aliphatic heterocycles. The number of thioether (sulfide) groups is 1. The van der Waals surface area contributed by atoms with Gasteiger partial charge in [0.15, 0.2) is 0 Å². The highest BCUT2D eigenvalue weighted by molar-refractivity contribution is 8.27. The number of nitrogens with one attached hydrogen (secondary N) is 2. The normalized spacial score (nSPS) is 16.5. The van der Waals surface area contributed by atoms with Crippen molar-refractivity contribution in [2.24, 2.45) is 0 Å². The van der Waals surface area contributed by atoms with Crippen LogP contribution < -0.4 is 0 Å². The van der Waals surface area contributed by atoms with Gasteiger partial charge in [-0.15, -0.1) is 0 Å². The standard InChI is InChI=1S/C6H2N4S/c7-1-3-4(2-8)6(10)11-5(3)9/h9-10H. The highest BCUT2D eigenvalue weighted by Gasteiger charge is 2.25. The molecule has 0 aliphatic carbocycles. The molecule has 0 amide bonds. The molecular weight excluding hydrogens is 160 g/mol. The van der Waals surface area contributed by atoms with Crippen molar-refractivity contribution >= 4 is 21.8 Å². The second-order valence-corrected chi connectivity index (χ2v) is 2.75. The molecule has 0 atom stereocenters. The summed E-state index contributed by atoms with van der Waals surface area (Å²) < 4.78 is 0. The Labute approximate surface area is 67.1 Å². The molecule has 0 aromatic rings. The summed E-state index contributed by atoms with van der Waals surface area (Å²) in [6.45, 7) is 0. The van der Waals surface area contributed by atoms with E-state index in [0.29, 0.717) is 0 Å². The third-order valence-electron chi connectivity index (χ3n) is 1.13. The summed E-state index contributed by atoms with van der Waals surface area (Å²) in [4.78, 5) is 0. The number of nitriles is 2. The molecule has 0 unspecified atom stereocenters. The van der Waals surface area contributed by atoms with E-state index in [4.69, 9.17) is 21.3 Å². The molecule has 0 aromatic carbocycles. The van der Waals surface area contributed by atoms with Gasteiger partial charge in [-0.3, -0.25) is 10.8 Å². The lowest BCUT2D eigenvalue weighted by Gasteiger charge is -1.82. The van der Waals surface area contributed by atoms with Crippen LogP contribution in [0.3, 0.4) is 0 Å². The summed E-state index contributed by atoms with van der Waals surface area (Å²) >= 11 is 0.833. The molecule has 0 aromatic heterocycles. The van der Waals surface area contributed by atoms with Crippen LogP contribution in [0.5, 0.6) is 0 Å². The highest BCUT2D eigenvalue weighted by atomic mass is 32.2. The van der Waals surface area contributed by atoms with Gasteiger partial charge in [0.25, 0.3) is 0 Å². The third kappa shape index (κ3) is 1.02. The maximum Gasteiger partial charge on any atom is 0.113 e. The smallest absolute Gasteiger partial charge is 0.113 e. The van der Waals surface area contributed by atoms with Gasteiger partial charge < -0.3 is 0 Å². The van der Waals surface area contributed by atoms with Crippen molar-refractivity contribution < 1.29 is 0 Å². The van der Waals surface area contributed by atoms with E-state index in [1.807, 2.05) is 0 Å². The molecule has 0 saturated carbocycles. The lowest BCUT2D eigenvalue weighted by Crippen LogP contribution is -1.88. The van der Waals surface area contributed by atoms with Crippen LogP contribution in [0.4, 0.5) is 0 Å². The third-order valence-corrected chi connectivity index (χ3v) is 1.95. The van der Waals surface area contributed by atoms with Crippen molar-refractivity contribution in [1.29, 1.82) is 21.3 Å². The van der Waals surface area contributed by atoms with Gasteiger partial charge in [0.2, 0.25) is 0 Å². The second kappa shape index (κ2) is 2.57. The Bertz CT molecular complexity index is 318. The van der Waals surface area contributed by atoms with Crippen LogP contribution in [-0.4, -0.2) is 10.1 Å². The lowest BCUT2D eigenvalue weighted by molar-refractivity contribution is 1.45. The predicted molar refractivity (Wildman–Crippen MR) is 41.3 cm³/mol. The largest absolute Gasteiger partial charge is 0.292 e. The Morgan fingerprint density at radius 1 is 1.00 bits per heavy atom. The average Bonchev–Trinajstić information content (AvgIpc) is 2.24. The zero-order valence-electron chi connectivity index (χ0n) is 5.30. The zero-order valence-corrected chi connectivity index (χ0v) is 6.12. The number of rotatable bonds is 0. The van der Waals surface area contributed by atoms with Gasteiger partial charge in [-0.1, -0.05) is 0 Å². The minimum atomic E-state index is -0.00551. The van der Waals surface area contributed by atoms with E-state index >= 15 is 0 Å². The van der Waals surface area contributed by atoms with Crippen molar-refractivity contribution in [3.63, 3.8) is 0 Å². The molecule has 0 radical (unpaired) electrons. The summed E-state index contributed by atoms with van der Waals surface area (Å²) in [6.07, 6.45) is 0. The van der Waals surface area contributed by atoms with E-state index in [2.05, 4.69) is 0 Å². The predicted octanol–water partition coefficient (Wildman–Crippen LogP) is 1.03. The Morgan fingerprint density at radius 3 is 1.64 bits per heavy atom. The molecule has 2 N–H and O–H groups in total. The van der Waals surface area contributed by atoms with E-state index in [9.17, 15) is 0 Å². The van der Waals surface area contributed by atoms with E-state index in [1.54, 1.807) is 12.1 Å². The first-order chi connectivity index (χ1) is 5.20. The van der Waals surface area contributed by atoms with Crippen molar-refractivity contribution in [3.05, 3.63) is 11.1 Å². The summed E-state index contributed by atoms with van der Waals surface area (Å²) in [6, 6.07) is 3.43. The van der Waals surface area contributed by atoms with Gasteiger partial charge in [0, 0.05) is 0 Å². The fourth-order valence-electron chi connectivity index (χ4n) is 0.645. The van der Waals surface area contributed by atoms with Gasteiger partial charge in [-0.05, 0) is 11.8 Å². The van der Waals surface area contributed by atoms with E-state index in [1.165, 1.54) is 0 Å². The summed E-state index contributed by atoms with van der Waals surface area (Å²) in [7, 11) is 0. The minimum Gasteiger partial charge on any atom is -0.292 e. The molecular formula is C6H2N4S. The fourth-order valence-corrected chi connectivity index (χ4v) is 1.35. The van der Waals surface area contributed by atoms with Gasteiger partial charge >= 0.3 is 0 Å². The van der Waals surface area contributed by atoms with Gasteiger partial charge in [0.05, 0.1) is 0 Å². The van der Waals surface area contributed by atoms with Crippen molar-refractivity contribution in [1.82, 2.24) is 0 Å². The first kappa shape index (κ1) is 7.52. The Kier molecular flexibility index (Phi) is 1.75. The Hall–Kier alpha value is -1.59. The summed E-state index contributed by atoms with van der Waals surface area (Å²) in [5, 5.41) is 31.2. The van der Waals surface area contributed by atoms with Crippen LogP contribution in [0, 0.1) is 33.5 Å². The van der Waals surface area contributed by atoms with E-state index in [-0.39, 0.29) is 21.2 Å². The molecule has 11 heavy (non-hydrogen) atoms. The monoisotopic (exact) mass is 162 g/mol. The molecule has 0 fully saturated rings. The maximum atomic E-state index is 8.45. The van der Waals surface area contributed by atoms with Crippen LogP contribution in [-0.2, 0) is 0 Å². The molecule has 0 saturated heterocycles. The zero-order chi connectivity index (χ0) is 8.43. The molecule has 4 nitrogen and oxygen atoms in total. The molecule has 1 rings (SSSR count). The first-order valence-electron chi connectivity index (χ1n) is 2.61. The first-order valence-corrected chi connectivity index (χ1v) is 3.42. The number of hydrogen-bond donors (Lipinski definition) is 2. The highest BCUT2D eigenvalue weighted by Crippen LogP contribution is 2.27. The SMILES string of the molecule is N#CC1=C(C#N)C(=N)SC1=N. The van der Waals surface area contributed by atoms with Gasteiger partial charge in [0.1, 0.15) is 33.4 Å². The van der Waals surface area contributed by atoms with Crippen LogP contribution in [0.15, 0.2) is 11.1 Å².